The van der Waals surface area contributed by atoms with Crippen LogP contribution in [0.3, 0.4) is 0 Å². The van der Waals surface area contributed by atoms with Crippen LogP contribution in [0.15, 0.2) is 59.8 Å². The van der Waals surface area contributed by atoms with Crippen molar-refractivity contribution in [1.82, 2.24) is 9.78 Å². The van der Waals surface area contributed by atoms with E-state index in [4.69, 9.17) is 16.9 Å². The number of halogens is 1. The Hall–Kier alpha value is -3.10. The Kier molecular flexibility index (Phi) is 5.67. The zero-order valence-corrected chi connectivity index (χ0v) is 15.1. The third kappa shape index (κ3) is 4.29. The molecule has 0 saturated heterocycles. The third-order valence-electron chi connectivity index (χ3n) is 3.86. The van der Waals surface area contributed by atoms with E-state index in [0.717, 1.165) is 28.1 Å². The Morgan fingerprint density at radius 2 is 2.08 bits per heavy atom. The van der Waals surface area contributed by atoms with Crippen molar-refractivity contribution in [3.05, 3.63) is 70.9 Å². The molecule has 0 amide bonds. The summed E-state index contributed by atoms with van der Waals surface area (Å²) in [6.45, 7) is 2.50. The number of nitrogens with one attached hydrogen (secondary N) is 1. The molecule has 5 nitrogen and oxygen atoms in total. The Balaban J connectivity index is 1.84. The molecule has 0 aliphatic heterocycles. The van der Waals surface area contributed by atoms with Gasteiger partial charge >= 0.3 is 0 Å². The molecule has 1 aromatic heterocycles. The summed E-state index contributed by atoms with van der Waals surface area (Å²) in [5, 5.41) is 18.4. The lowest BCUT2D eigenvalue weighted by molar-refractivity contribution is 0.629. The van der Waals surface area contributed by atoms with Crippen molar-refractivity contribution in [2.75, 3.05) is 5.43 Å². The number of anilines is 1. The molecule has 2 aromatic carbocycles. The van der Waals surface area contributed by atoms with Gasteiger partial charge in [-0.05, 0) is 24.6 Å². The zero-order valence-electron chi connectivity index (χ0n) is 14.4. The van der Waals surface area contributed by atoms with Crippen LogP contribution in [0.2, 0.25) is 5.02 Å². The molecule has 26 heavy (non-hydrogen) atoms. The molecule has 0 radical (unpaired) electrons. The number of hydrogen-bond acceptors (Lipinski definition) is 4. The molecule has 0 aliphatic rings. The highest BCUT2D eigenvalue weighted by molar-refractivity contribution is 6.31. The van der Waals surface area contributed by atoms with E-state index < -0.39 is 0 Å². The van der Waals surface area contributed by atoms with Crippen molar-refractivity contribution >= 4 is 23.5 Å². The molecular weight excluding hydrogens is 346 g/mol. The van der Waals surface area contributed by atoms with Crippen LogP contribution in [0.5, 0.6) is 0 Å². The Labute approximate surface area is 157 Å². The molecule has 130 valence electrons. The minimum atomic E-state index is 0.409. The molecule has 6 heteroatoms. The van der Waals surface area contributed by atoms with Crippen molar-refractivity contribution in [3.63, 3.8) is 0 Å². The minimum absolute atomic E-state index is 0.409. The third-order valence-corrected chi connectivity index (χ3v) is 4.27. The summed E-state index contributed by atoms with van der Waals surface area (Å²) in [5.74, 6) is 0. The molecule has 0 aliphatic carbocycles. The fourth-order valence-electron chi connectivity index (χ4n) is 2.47. The van der Waals surface area contributed by atoms with Gasteiger partial charge in [0.15, 0.2) is 0 Å². The number of nitrogens with zero attached hydrogens (tertiary/aromatic N) is 4. The fraction of sp³-hybridized carbons (Fsp3) is 0.150. The molecule has 3 aromatic rings. The molecule has 1 heterocycles. The molecule has 0 spiro atoms. The number of aryl methyl sites for hydroxylation is 2. The second-order valence-electron chi connectivity index (χ2n) is 5.80. The molecule has 1 N–H and O–H groups in total. The van der Waals surface area contributed by atoms with Crippen LogP contribution < -0.4 is 5.43 Å². The first-order valence-corrected chi connectivity index (χ1v) is 8.60. The van der Waals surface area contributed by atoms with Crippen molar-refractivity contribution in [3.8, 4) is 17.3 Å². The largest absolute Gasteiger partial charge is 0.278 e. The summed E-state index contributed by atoms with van der Waals surface area (Å²) in [6, 6.07) is 17.7. The van der Waals surface area contributed by atoms with Gasteiger partial charge < -0.3 is 0 Å². The number of nitriles is 1. The monoisotopic (exact) mass is 363 g/mol. The maximum Gasteiger partial charge on any atom is 0.101 e. The fourth-order valence-corrected chi connectivity index (χ4v) is 2.65. The summed E-state index contributed by atoms with van der Waals surface area (Å²) in [7, 11) is 0. The molecule has 0 atom stereocenters. The Bertz CT molecular complexity index is 954. The standard InChI is InChI=1S/C20H18ClN5/c1-15-8-9-18(12-19(15)21)24-23-13-17-14-26(11-5-10-22)25-20(17)16-6-3-2-4-7-16/h2-4,6-9,12-14,24H,5,11H2,1H3/b23-13-. The second-order valence-corrected chi connectivity index (χ2v) is 6.21. The van der Waals surface area contributed by atoms with E-state index in [1.165, 1.54) is 0 Å². The van der Waals surface area contributed by atoms with Crippen LogP contribution in [0.25, 0.3) is 11.3 Å². The van der Waals surface area contributed by atoms with Gasteiger partial charge in [0.25, 0.3) is 0 Å². The number of rotatable bonds is 6. The van der Waals surface area contributed by atoms with E-state index in [-0.39, 0.29) is 0 Å². The quantitative estimate of drug-likeness (QED) is 0.501. The van der Waals surface area contributed by atoms with Crippen molar-refractivity contribution in [2.45, 2.75) is 19.9 Å². The van der Waals surface area contributed by atoms with Crippen LogP contribution in [0.4, 0.5) is 5.69 Å². The maximum absolute atomic E-state index is 8.79. The molecular formula is C20H18ClN5. The first kappa shape index (κ1) is 17.7. The predicted octanol–water partition coefficient (Wildman–Crippen LogP) is 4.87. The SMILES string of the molecule is Cc1ccc(N/N=C\c2cn(CCC#N)nc2-c2ccccc2)cc1Cl. The molecule has 0 unspecified atom stereocenters. The van der Waals surface area contributed by atoms with Gasteiger partial charge in [-0.1, -0.05) is 48.0 Å². The smallest absolute Gasteiger partial charge is 0.101 e. The summed E-state index contributed by atoms with van der Waals surface area (Å²) < 4.78 is 1.77. The van der Waals surface area contributed by atoms with E-state index >= 15 is 0 Å². The molecule has 0 fully saturated rings. The predicted molar refractivity (Wildman–Crippen MR) is 105 cm³/mol. The maximum atomic E-state index is 8.79. The second kappa shape index (κ2) is 8.32. The van der Waals surface area contributed by atoms with Gasteiger partial charge in [0, 0.05) is 22.3 Å². The molecule has 3 rings (SSSR count). The highest BCUT2D eigenvalue weighted by atomic mass is 35.5. The average Bonchev–Trinajstić information content (AvgIpc) is 3.07. The lowest BCUT2D eigenvalue weighted by atomic mass is 10.1. The van der Waals surface area contributed by atoms with Gasteiger partial charge in [0.05, 0.1) is 30.9 Å². The zero-order chi connectivity index (χ0) is 18.4. The van der Waals surface area contributed by atoms with Gasteiger partial charge in [-0.15, -0.1) is 0 Å². The van der Waals surface area contributed by atoms with E-state index in [0.29, 0.717) is 18.0 Å². The summed E-state index contributed by atoms with van der Waals surface area (Å²) in [5.41, 5.74) is 7.53. The van der Waals surface area contributed by atoms with E-state index in [1.807, 2.05) is 61.7 Å². The van der Waals surface area contributed by atoms with Crippen LogP contribution in [-0.2, 0) is 6.54 Å². The van der Waals surface area contributed by atoms with Crippen molar-refractivity contribution in [2.24, 2.45) is 5.10 Å². The number of hydrazone groups is 1. The first-order valence-electron chi connectivity index (χ1n) is 8.22. The van der Waals surface area contributed by atoms with Crippen molar-refractivity contribution in [1.29, 1.82) is 5.26 Å². The number of benzene rings is 2. The number of hydrogen-bond donors (Lipinski definition) is 1. The highest BCUT2D eigenvalue weighted by Crippen LogP contribution is 2.22. The average molecular weight is 364 g/mol. The van der Waals surface area contributed by atoms with Gasteiger partial charge in [-0.2, -0.15) is 15.5 Å². The normalized spacial score (nSPS) is 10.8. The molecule has 0 saturated carbocycles. The van der Waals surface area contributed by atoms with Gasteiger partial charge in [0.2, 0.25) is 0 Å². The number of aromatic nitrogens is 2. The Morgan fingerprint density at radius 3 is 2.81 bits per heavy atom. The molecule has 0 bridgehead atoms. The van der Waals surface area contributed by atoms with E-state index in [9.17, 15) is 0 Å². The van der Waals surface area contributed by atoms with Gasteiger partial charge in [0.1, 0.15) is 5.69 Å². The van der Waals surface area contributed by atoms with Gasteiger partial charge in [-0.3, -0.25) is 10.1 Å². The lowest BCUT2D eigenvalue weighted by Gasteiger charge is -2.03. The highest BCUT2D eigenvalue weighted by Gasteiger charge is 2.09. The summed E-state index contributed by atoms with van der Waals surface area (Å²) in [6.07, 6.45) is 4.03. The Morgan fingerprint density at radius 1 is 1.27 bits per heavy atom. The van der Waals surface area contributed by atoms with E-state index in [2.05, 4.69) is 21.7 Å². The summed E-state index contributed by atoms with van der Waals surface area (Å²) in [4.78, 5) is 0. The first-order chi connectivity index (χ1) is 12.7. The van der Waals surface area contributed by atoms with Gasteiger partial charge in [-0.25, -0.2) is 0 Å². The van der Waals surface area contributed by atoms with Crippen LogP contribution >= 0.6 is 11.6 Å². The van der Waals surface area contributed by atoms with E-state index in [1.54, 1.807) is 10.9 Å². The topological polar surface area (TPSA) is 66.0 Å². The van der Waals surface area contributed by atoms with Crippen molar-refractivity contribution < 1.29 is 0 Å². The summed E-state index contributed by atoms with van der Waals surface area (Å²) >= 11 is 6.14. The van der Waals surface area contributed by atoms with Crippen LogP contribution in [-0.4, -0.2) is 16.0 Å². The lowest BCUT2D eigenvalue weighted by Crippen LogP contribution is -1.97. The van der Waals surface area contributed by atoms with Crippen LogP contribution in [0.1, 0.15) is 17.5 Å². The van der Waals surface area contributed by atoms with Crippen LogP contribution in [0, 0.1) is 18.3 Å². The minimum Gasteiger partial charge on any atom is -0.278 e.